The number of rotatable bonds is 1. The van der Waals surface area contributed by atoms with E-state index in [4.69, 9.17) is 0 Å². The number of hydrogen-bond acceptors (Lipinski definition) is 3. The largest absolute Gasteiger partial charge is 0.285 e. The third-order valence-electron chi connectivity index (χ3n) is 2.89. The van der Waals surface area contributed by atoms with E-state index in [-0.39, 0.29) is 5.91 Å². The van der Waals surface area contributed by atoms with Gasteiger partial charge >= 0.3 is 0 Å². The fourth-order valence-corrected chi connectivity index (χ4v) is 3.41. The van der Waals surface area contributed by atoms with Crippen molar-refractivity contribution in [2.75, 3.05) is 6.26 Å². The van der Waals surface area contributed by atoms with E-state index in [1.54, 1.807) is 0 Å². The molecule has 3 rings (SSSR count). The van der Waals surface area contributed by atoms with Crippen LogP contribution in [-0.2, 0) is 4.79 Å². The number of thioether (sulfide) groups is 2. The summed E-state index contributed by atoms with van der Waals surface area (Å²) >= 11 is 2.95. The van der Waals surface area contributed by atoms with Crippen LogP contribution in [0.25, 0.3) is 16.8 Å². The SMILES string of the molecule is CSC1=NC(=O)C(=Cc2cccc3ccccc23)S1. The fourth-order valence-electron chi connectivity index (χ4n) is 1.99. The summed E-state index contributed by atoms with van der Waals surface area (Å²) in [4.78, 5) is 16.5. The molecule has 0 aromatic heterocycles. The Balaban J connectivity index is 2.05. The van der Waals surface area contributed by atoms with Crippen LogP contribution >= 0.6 is 23.5 Å². The van der Waals surface area contributed by atoms with E-state index in [1.165, 1.54) is 28.9 Å². The van der Waals surface area contributed by atoms with Gasteiger partial charge in [0.15, 0.2) is 0 Å². The summed E-state index contributed by atoms with van der Waals surface area (Å²) in [6, 6.07) is 14.3. The maximum atomic E-state index is 11.8. The second-order valence-electron chi connectivity index (χ2n) is 4.07. The molecular formula is C15H11NOS2. The van der Waals surface area contributed by atoms with Gasteiger partial charge in [0.2, 0.25) is 0 Å². The van der Waals surface area contributed by atoms with Crippen LogP contribution in [0, 0.1) is 0 Å². The van der Waals surface area contributed by atoms with Gasteiger partial charge in [-0.1, -0.05) is 54.2 Å². The normalized spacial score (nSPS) is 17.2. The van der Waals surface area contributed by atoms with E-state index in [1.807, 2.05) is 36.6 Å². The van der Waals surface area contributed by atoms with Crippen LogP contribution < -0.4 is 0 Å². The molecule has 0 aliphatic carbocycles. The molecule has 0 atom stereocenters. The van der Waals surface area contributed by atoms with Crippen molar-refractivity contribution in [1.29, 1.82) is 0 Å². The molecule has 0 fully saturated rings. The number of nitrogens with zero attached hydrogens (tertiary/aromatic N) is 1. The Morgan fingerprint density at radius 2 is 1.95 bits per heavy atom. The zero-order valence-corrected chi connectivity index (χ0v) is 11.9. The number of aliphatic imine (C=N–C) groups is 1. The molecule has 2 aromatic rings. The molecule has 94 valence electrons. The summed E-state index contributed by atoms with van der Waals surface area (Å²) in [7, 11) is 0. The summed E-state index contributed by atoms with van der Waals surface area (Å²) < 4.78 is 0.816. The van der Waals surface area contributed by atoms with E-state index in [0.29, 0.717) is 4.91 Å². The predicted octanol–water partition coefficient (Wildman–Crippen LogP) is 4.17. The molecule has 0 radical (unpaired) electrons. The van der Waals surface area contributed by atoms with Crippen LogP contribution in [0.15, 0.2) is 52.4 Å². The second kappa shape index (κ2) is 5.23. The average molecular weight is 285 g/mol. The smallest absolute Gasteiger partial charge is 0.266 e. The quantitative estimate of drug-likeness (QED) is 0.736. The van der Waals surface area contributed by atoms with E-state index in [9.17, 15) is 4.79 Å². The summed E-state index contributed by atoms with van der Waals surface area (Å²) in [6.07, 6.45) is 3.86. The lowest BCUT2D eigenvalue weighted by Gasteiger charge is -2.02. The Morgan fingerprint density at radius 3 is 2.74 bits per heavy atom. The van der Waals surface area contributed by atoms with Crippen LogP contribution in [0.5, 0.6) is 0 Å². The molecule has 0 spiro atoms. The van der Waals surface area contributed by atoms with Crippen molar-refractivity contribution >= 4 is 50.7 Å². The molecule has 1 aliphatic heterocycles. The molecule has 4 heteroatoms. The van der Waals surface area contributed by atoms with Gasteiger partial charge in [0.1, 0.15) is 4.38 Å². The molecule has 0 bridgehead atoms. The van der Waals surface area contributed by atoms with Crippen molar-refractivity contribution in [3.63, 3.8) is 0 Å². The molecule has 0 saturated carbocycles. The molecule has 1 amide bonds. The van der Waals surface area contributed by atoms with Gasteiger partial charge in [-0.2, -0.15) is 4.99 Å². The number of carbonyl (C=O) groups excluding carboxylic acids is 1. The lowest BCUT2D eigenvalue weighted by Crippen LogP contribution is -1.88. The Morgan fingerprint density at radius 1 is 1.16 bits per heavy atom. The average Bonchev–Trinajstić information content (AvgIpc) is 2.80. The van der Waals surface area contributed by atoms with Gasteiger partial charge in [0.25, 0.3) is 5.91 Å². The van der Waals surface area contributed by atoms with E-state index in [0.717, 1.165) is 15.3 Å². The zero-order chi connectivity index (χ0) is 13.2. The highest BCUT2D eigenvalue weighted by Gasteiger charge is 2.21. The predicted molar refractivity (Wildman–Crippen MR) is 85.5 cm³/mol. The number of fused-ring (bicyclic) bond motifs is 1. The standard InChI is InChI=1S/C15H11NOS2/c1-18-15-16-14(17)13(19-15)9-11-7-4-6-10-5-2-3-8-12(10)11/h2-9H,1H3. The minimum Gasteiger partial charge on any atom is -0.266 e. The third kappa shape index (κ3) is 2.46. The lowest BCUT2D eigenvalue weighted by atomic mass is 10.0. The number of amides is 1. The van der Waals surface area contributed by atoms with Crippen molar-refractivity contribution < 1.29 is 4.79 Å². The topological polar surface area (TPSA) is 29.4 Å². The molecule has 19 heavy (non-hydrogen) atoms. The number of hydrogen-bond donors (Lipinski definition) is 0. The maximum Gasteiger partial charge on any atom is 0.285 e. The van der Waals surface area contributed by atoms with Crippen molar-refractivity contribution in [2.24, 2.45) is 4.99 Å². The molecule has 2 aromatic carbocycles. The van der Waals surface area contributed by atoms with Gasteiger partial charge in [-0.3, -0.25) is 4.79 Å². The van der Waals surface area contributed by atoms with Crippen molar-refractivity contribution in [1.82, 2.24) is 0 Å². The van der Waals surface area contributed by atoms with Crippen LogP contribution in [-0.4, -0.2) is 16.5 Å². The van der Waals surface area contributed by atoms with Crippen LogP contribution in [0.2, 0.25) is 0 Å². The highest BCUT2D eigenvalue weighted by Crippen LogP contribution is 2.33. The van der Waals surface area contributed by atoms with Crippen LogP contribution in [0.4, 0.5) is 0 Å². The first-order chi connectivity index (χ1) is 9.28. The van der Waals surface area contributed by atoms with Gasteiger partial charge in [-0.15, -0.1) is 11.8 Å². The Kier molecular flexibility index (Phi) is 3.44. The fraction of sp³-hybridized carbons (Fsp3) is 0.0667. The monoisotopic (exact) mass is 285 g/mol. The first-order valence-electron chi connectivity index (χ1n) is 5.82. The van der Waals surface area contributed by atoms with Crippen molar-refractivity contribution in [3.8, 4) is 0 Å². The third-order valence-corrected chi connectivity index (χ3v) is 4.85. The molecule has 0 N–H and O–H groups in total. The molecular weight excluding hydrogens is 274 g/mol. The minimum atomic E-state index is -0.137. The van der Waals surface area contributed by atoms with Gasteiger partial charge < -0.3 is 0 Å². The maximum absolute atomic E-state index is 11.8. The van der Waals surface area contributed by atoms with Crippen LogP contribution in [0.3, 0.4) is 0 Å². The summed E-state index contributed by atoms with van der Waals surface area (Å²) in [5.41, 5.74) is 1.06. The Bertz CT molecular complexity index is 714. The zero-order valence-electron chi connectivity index (χ0n) is 10.3. The Labute approximate surface area is 120 Å². The summed E-state index contributed by atoms with van der Waals surface area (Å²) in [5.74, 6) is -0.137. The van der Waals surface area contributed by atoms with Gasteiger partial charge in [0.05, 0.1) is 4.91 Å². The lowest BCUT2D eigenvalue weighted by molar-refractivity contribution is -0.113. The highest BCUT2D eigenvalue weighted by atomic mass is 32.2. The highest BCUT2D eigenvalue weighted by molar-refractivity contribution is 8.40. The van der Waals surface area contributed by atoms with E-state index in [2.05, 4.69) is 23.2 Å². The molecule has 2 nitrogen and oxygen atoms in total. The second-order valence-corrected chi connectivity index (χ2v) is 6.15. The Hall–Kier alpha value is -1.52. The van der Waals surface area contributed by atoms with Crippen LogP contribution in [0.1, 0.15) is 5.56 Å². The van der Waals surface area contributed by atoms with Gasteiger partial charge in [-0.05, 0) is 28.7 Å². The van der Waals surface area contributed by atoms with E-state index >= 15 is 0 Å². The van der Waals surface area contributed by atoms with Gasteiger partial charge in [0, 0.05) is 0 Å². The van der Waals surface area contributed by atoms with E-state index < -0.39 is 0 Å². The summed E-state index contributed by atoms with van der Waals surface area (Å²) in [6.45, 7) is 0. The summed E-state index contributed by atoms with van der Waals surface area (Å²) in [5, 5.41) is 2.34. The van der Waals surface area contributed by atoms with Crippen molar-refractivity contribution in [3.05, 3.63) is 52.9 Å². The minimum absolute atomic E-state index is 0.137. The molecule has 1 aliphatic rings. The number of carbonyl (C=O) groups is 1. The first kappa shape index (κ1) is 12.5. The molecule has 0 unspecified atom stereocenters. The van der Waals surface area contributed by atoms with Crippen molar-refractivity contribution in [2.45, 2.75) is 0 Å². The first-order valence-corrected chi connectivity index (χ1v) is 7.86. The van der Waals surface area contributed by atoms with Gasteiger partial charge in [-0.25, -0.2) is 0 Å². The number of benzene rings is 2. The molecule has 0 saturated heterocycles. The molecule has 1 heterocycles.